The summed E-state index contributed by atoms with van der Waals surface area (Å²) in [5.41, 5.74) is 5.62. The highest BCUT2D eigenvalue weighted by Gasteiger charge is 2.25. The van der Waals surface area contributed by atoms with E-state index in [2.05, 4.69) is 27.7 Å². The molecule has 0 saturated carbocycles. The van der Waals surface area contributed by atoms with Gasteiger partial charge < -0.3 is 19.2 Å². The lowest BCUT2D eigenvalue weighted by Crippen LogP contribution is -2.22. The first-order chi connectivity index (χ1) is 27.1. The van der Waals surface area contributed by atoms with Crippen LogP contribution in [-0.4, -0.2) is 51.8 Å². The van der Waals surface area contributed by atoms with Crippen molar-refractivity contribution in [3.05, 3.63) is 84.1 Å². The fourth-order valence-electron chi connectivity index (χ4n) is 8.10. The molecule has 2 heterocycles. The van der Waals surface area contributed by atoms with E-state index in [0.29, 0.717) is 39.2 Å². The van der Waals surface area contributed by atoms with Gasteiger partial charge in [0.1, 0.15) is 5.82 Å². The van der Waals surface area contributed by atoms with Crippen molar-refractivity contribution >= 4 is 66.0 Å². The number of hydrogen-bond donors (Lipinski definition) is 3. The van der Waals surface area contributed by atoms with Crippen LogP contribution in [0.3, 0.4) is 0 Å². The highest BCUT2D eigenvalue weighted by molar-refractivity contribution is 7.89. The first-order valence-corrected chi connectivity index (χ1v) is 22.7. The summed E-state index contributed by atoms with van der Waals surface area (Å²) >= 11 is -2.63. The number of H-pyrrole nitrogens is 2. The maximum absolute atomic E-state index is 13.1. The molecule has 0 aliphatic rings. The van der Waals surface area contributed by atoms with Gasteiger partial charge in [-0.05, 0) is 52.9 Å². The molecule has 0 aliphatic heterocycles. The summed E-state index contributed by atoms with van der Waals surface area (Å²) in [6.45, 7) is 2.26. The van der Waals surface area contributed by atoms with E-state index in [1.165, 1.54) is 95.5 Å². The van der Waals surface area contributed by atoms with E-state index in [0.717, 1.165) is 58.2 Å². The van der Waals surface area contributed by atoms with Gasteiger partial charge in [-0.3, -0.25) is 9.00 Å². The first kappa shape index (κ1) is 41.3. The van der Waals surface area contributed by atoms with Crippen molar-refractivity contribution in [2.75, 3.05) is 18.8 Å². The van der Waals surface area contributed by atoms with E-state index < -0.39 is 21.3 Å². The number of unbranched alkanes of at least 4 members (excludes halogenated alkanes) is 13. The van der Waals surface area contributed by atoms with Gasteiger partial charge >= 0.3 is 0 Å². The number of hydrogen-bond acceptors (Lipinski definition) is 5. The zero-order chi connectivity index (χ0) is 39.7. The zero-order valence-corrected chi connectivity index (χ0v) is 34.6. The minimum atomic E-state index is -3.69. The molecule has 298 valence electrons. The first-order valence-electron chi connectivity index (χ1n) is 20.2. The number of benzene rings is 4. The molecule has 0 fully saturated rings. The number of anilines is 1. The van der Waals surface area contributed by atoms with Crippen LogP contribution in [0.2, 0.25) is 0 Å². The van der Waals surface area contributed by atoms with Crippen LogP contribution < -0.4 is 4.72 Å². The van der Waals surface area contributed by atoms with E-state index >= 15 is 0 Å². The fraction of sp³-hybridized carbons (Fsp3) is 0.400. The van der Waals surface area contributed by atoms with Crippen molar-refractivity contribution in [1.82, 2.24) is 14.3 Å². The van der Waals surface area contributed by atoms with Crippen LogP contribution in [-0.2, 0) is 27.7 Å². The predicted octanol–water partition coefficient (Wildman–Crippen LogP) is 11.4. The predicted molar refractivity (Wildman–Crippen MR) is 231 cm³/mol. The molecule has 56 heavy (non-hydrogen) atoms. The largest absolute Gasteiger partial charge is 0.755 e. The Morgan fingerprint density at radius 1 is 0.750 bits per heavy atom. The molecule has 6 rings (SSSR count). The summed E-state index contributed by atoms with van der Waals surface area (Å²) in [4.78, 5) is 19.9. The van der Waals surface area contributed by atoms with E-state index in [-0.39, 0.29) is 4.90 Å². The van der Waals surface area contributed by atoms with Crippen LogP contribution in [0.1, 0.15) is 113 Å². The molecule has 4 aromatic carbocycles. The summed E-state index contributed by atoms with van der Waals surface area (Å²) in [7, 11) is -0.707. The molecule has 0 aliphatic carbocycles. The Morgan fingerprint density at radius 3 is 2.04 bits per heavy atom. The summed E-state index contributed by atoms with van der Waals surface area (Å²) in [5, 5.41) is 3.15. The zero-order valence-electron chi connectivity index (χ0n) is 32.9. The third kappa shape index (κ3) is 9.28. The van der Waals surface area contributed by atoms with Crippen molar-refractivity contribution < 1.29 is 22.0 Å². The summed E-state index contributed by atoms with van der Waals surface area (Å²) in [6, 6.07) is 20.7. The summed E-state index contributed by atoms with van der Waals surface area (Å²) in [6.07, 6.45) is 21.6. The second-order valence-corrected chi connectivity index (χ2v) is 18.0. The van der Waals surface area contributed by atoms with Gasteiger partial charge in [0.15, 0.2) is 6.29 Å². The number of fused-ring (bicyclic) bond motifs is 3. The molecule has 9 nitrogen and oxygen atoms in total. The maximum Gasteiger partial charge on any atom is 0.242 e. The van der Waals surface area contributed by atoms with E-state index in [4.69, 9.17) is 0 Å². The van der Waals surface area contributed by atoms with Crippen LogP contribution in [0, 0.1) is 0 Å². The van der Waals surface area contributed by atoms with Gasteiger partial charge in [0.25, 0.3) is 0 Å². The Labute approximate surface area is 334 Å². The summed E-state index contributed by atoms with van der Waals surface area (Å²) in [5.74, 6) is 0.314. The quantitative estimate of drug-likeness (QED) is 0.0357. The average molecular weight is 796 g/mol. The van der Waals surface area contributed by atoms with Crippen molar-refractivity contribution in [2.45, 2.75) is 108 Å². The van der Waals surface area contributed by atoms with Crippen LogP contribution in [0.25, 0.3) is 54.8 Å². The number of aromatic nitrogens is 2. The number of aryl methyl sites for hydroxylation is 1. The second kappa shape index (κ2) is 19.2. The Hall–Kier alpha value is -4.29. The Bertz CT molecular complexity index is 2410. The van der Waals surface area contributed by atoms with Gasteiger partial charge in [-0.25, -0.2) is 12.7 Å². The standard InChI is InChI=1S/C45H56N4O5S2/c1-4-5-6-7-8-9-10-11-12-13-14-15-16-17-21-32-23-20-25-37-43(45(47-44(32)37)48-55(51)52)38-28-33-22-18-19-24-35(33)40(31-50)42(38)39-30-46-41-29-34(26-27-36(39)41)56(53,54)49(2)3/h18-20,22-31,46-48H,4-17,21H2,1-3H3,(H,51,52)/p-1. The molecule has 1 atom stereocenters. The fourth-order valence-corrected chi connectivity index (χ4v) is 9.35. The van der Waals surface area contributed by atoms with Crippen LogP contribution in [0.4, 0.5) is 5.82 Å². The number of carbonyl (C=O) groups excluding carboxylic acids is 1. The highest BCUT2D eigenvalue weighted by atomic mass is 32.2. The van der Waals surface area contributed by atoms with Crippen molar-refractivity contribution in [1.29, 1.82) is 0 Å². The lowest BCUT2D eigenvalue weighted by molar-refractivity contribution is 0.112. The van der Waals surface area contributed by atoms with Gasteiger partial charge in [0, 0.05) is 70.1 Å². The number of nitrogens with zero attached hydrogens (tertiary/aromatic N) is 1. The number of rotatable bonds is 22. The Balaban J connectivity index is 1.30. The molecule has 0 radical (unpaired) electrons. The molecular formula is C45H55N4O5S2-. The number of carbonyl (C=O) groups is 1. The molecule has 2 aromatic heterocycles. The highest BCUT2D eigenvalue weighted by Crippen LogP contribution is 2.47. The van der Waals surface area contributed by atoms with Crippen LogP contribution in [0.5, 0.6) is 0 Å². The number of aldehydes is 1. The van der Waals surface area contributed by atoms with Gasteiger partial charge in [-0.1, -0.05) is 139 Å². The number of aromatic amines is 2. The molecule has 0 bridgehead atoms. The SMILES string of the molecule is CCCCCCCCCCCCCCCCc1cccc2c(-c3cc4ccccc4c(C=O)c3-c3c[nH]c4cc(S(=O)(=O)N(C)C)ccc34)c(NS(=O)[O-])[nH]c12. The van der Waals surface area contributed by atoms with Crippen molar-refractivity contribution in [3.63, 3.8) is 0 Å². The normalized spacial score (nSPS) is 12.7. The Kier molecular flexibility index (Phi) is 14.2. The van der Waals surface area contributed by atoms with E-state index in [1.807, 2.05) is 42.5 Å². The smallest absolute Gasteiger partial charge is 0.242 e. The van der Waals surface area contributed by atoms with E-state index in [1.54, 1.807) is 24.4 Å². The molecule has 6 aromatic rings. The molecule has 3 N–H and O–H groups in total. The van der Waals surface area contributed by atoms with Gasteiger partial charge in [-0.15, -0.1) is 0 Å². The molecule has 0 saturated heterocycles. The topological polar surface area (TPSA) is 138 Å². The monoisotopic (exact) mass is 795 g/mol. The summed E-state index contributed by atoms with van der Waals surface area (Å²) < 4.78 is 54.3. The third-order valence-electron chi connectivity index (χ3n) is 11.1. The van der Waals surface area contributed by atoms with Crippen molar-refractivity contribution in [2.24, 2.45) is 0 Å². The minimum Gasteiger partial charge on any atom is -0.755 e. The second-order valence-electron chi connectivity index (χ2n) is 15.1. The molecular weight excluding hydrogens is 741 g/mol. The lowest BCUT2D eigenvalue weighted by Gasteiger charge is -2.17. The van der Waals surface area contributed by atoms with Gasteiger partial charge in [0.2, 0.25) is 10.0 Å². The van der Waals surface area contributed by atoms with Crippen molar-refractivity contribution in [3.8, 4) is 22.3 Å². The average Bonchev–Trinajstić information content (AvgIpc) is 3.78. The van der Waals surface area contributed by atoms with Crippen LogP contribution >= 0.6 is 0 Å². The van der Waals surface area contributed by atoms with E-state index in [9.17, 15) is 22.0 Å². The number of sulfonamides is 1. The number of para-hydroxylation sites is 1. The Morgan fingerprint density at radius 2 is 1.39 bits per heavy atom. The molecule has 0 amide bonds. The molecule has 1 unspecified atom stereocenters. The maximum atomic E-state index is 13.1. The van der Waals surface area contributed by atoms with Crippen LogP contribution in [0.15, 0.2) is 77.8 Å². The minimum absolute atomic E-state index is 0.144. The molecule has 11 heteroatoms. The van der Waals surface area contributed by atoms with Gasteiger partial charge in [-0.2, -0.15) is 0 Å². The van der Waals surface area contributed by atoms with Gasteiger partial charge in [0.05, 0.1) is 10.4 Å². The number of nitrogens with one attached hydrogen (secondary N) is 3. The third-order valence-corrected chi connectivity index (χ3v) is 13.3. The lowest BCUT2D eigenvalue weighted by atomic mass is 9.86. The molecule has 0 spiro atoms.